The van der Waals surface area contributed by atoms with Gasteiger partial charge < -0.3 is 36.2 Å². The van der Waals surface area contributed by atoms with Crippen LogP contribution in [0.3, 0.4) is 0 Å². The first-order valence-electron chi connectivity index (χ1n) is 18.0. The number of aromatic nitrogens is 4. The van der Waals surface area contributed by atoms with Crippen LogP contribution in [0.1, 0.15) is 74.9 Å². The molecular weight excluding hydrogens is 680 g/mol. The molecule has 16 heteroatoms. The first-order chi connectivity index (χ1) is 25.5. The van der Waals surface area contributed by atoms with Crippen molar-refractivity contribution < 1.29 is 29.3 Å². The molecule has 0 saturated carbocycles. The van der Waals surface area contributed by atoms with Crippen molar-refractivity contribution in [2.24, 2.45) is 0 Å². The van der Waals surface area contributed by atoms with Gasteiger partial charge in [-0.2, -0.15) is 0 Å². The van der Waals surface area contributed by atoms with E-state index in [1.807, 2.05) is 93.4 Å². The Balaban J connectivity index is 1.38. The number of hydrazine groups is 1. The van der Waals surface area contributed by atoms with Crippen LogP contribution in [-0.4, -0.2) is 109 Å². The third-order valence-corrected chi connectivity index (χ3v) is 8.89. The number of imidazole rings is 1. The first-order valence-corrected chi connectivity index (χ1v) is 18.0. The molecule has 0 bridgehead atoms. The number of hydrogen-bond donors (Lipinski definition) is 7. The Morgan fingerprint density at radius 2 is 1.49 bits per heavy atom. The maximum Gasteiger partial charge on any atom is 0.329 e. The normalized spacial score (nSPS) is 18.5. The van der Waals surface area contributed by atoms with Gasteiger partial charge in [0.2, 0.25) is 5.82 Å². The van der Waals surface area contributed by atoms with Crippen LogP contribution in [0.4, 0.5) is 10.6 Å². The van der Waals surface area contributed by atoms with Crippen LogP contribution < -0.4 is 26.7 Å². The molecule has 2 aromatic carbocycles. The summed E-state index contributed by atoms with van der Waals surface area (Å²) in [5.41, 5.74) is 5.42. The predicted molar refractivity (Wildman–Crippen MR) is 199 cm³/mol. The summed E-state index contributed by atoms with van der Waals surface area (Å²) in [5.74, 6) is -1.15. The second-order valence-corrected chi connectivity index (χ2v) is 13.4. The van der Waals surface area contributed by atoms with Crippen LogP contribution in [0, 0.1) is 0 Å². The monoisotopic (exact) mass is 730 g/mol. The van der Waals surface area contributed by atoms with E-state index in [0.29, 0.717) is 31.6 Å². The van der Waals surface area contributed by atoms with Crippen LogP contribution in [0.5, 0.6) is 0 Å². The largest absolute Gasteiger partial charge is 0.387 e. The lowest BCUT2D eigenvalue weighted by molar-refractivity contribution is -0.137. The van der Waals surface area contributed by atoms with Gasteiger partial charge in [-0.1, -0.05) is 60.7 Å². The van der Waals surface area contributed by atoms with Crippen molar-refractivity contribution in [1.82, 2.24) is 45.9 Å². The minimum Gasteiger partial charge on any atom is -0.387 e. The van der Waals surface area contributed by atoms with E-state index in [2.05, 4.69) is 41.6 Å². The molecule has 0 radical (unpaired) electrons. The van der Waals surface area contributed by atoms with Gasteiger partial charge in [0.25, 0.3) is 11.8 Å². The maximum atomic E-state index is 13.5. The molecule has 4 aromatic rings. The van der Waals surface area contributed by atoms with Gasteiger partial charge in [-0.05, 0) is 52.2 Å². The van der Waals surface area contributed by atoms with E-state index in [9.17, 15) is 24.6 Å². The van der Waals surface area contributed by atoms with E-state index in [0.717, 1.165) is 11.1 Å². The molecule has 4 atom stereocenters. The van der Waals surface area contributed by atoms with Crippen LogP contribution in [0.2, 0.25) is 0 Å². The fourth-order valence-corrected chi connectivity index (χ4v) is 6.29. The van der Waals surface area contributed by atoms with Gasteiger partial charge in [0.15, 0.2) is 29.3 Å². The summed E-state index contributed by atoms with van der Waals surface area (Å²) < 4.78 is 7.24. The number of aliphatic hydroxyl groups is 2. The molecule has 5 rings (SSSR count). The number of rotatable bonds is 16. The Labute approximate surface area is 308 Å². The Morgan fingerprint density at radius 1 is 0.868 bits per heavy atom. The number of fused-ring (bicyclic) bond motifs is 1. The molecular formula is C37H50N10O6. The van der Waals surface area contributed by atoms with Gasteiger partial charge >= 0.3 is 6.03 Å². The zero-order chi connectivity index (χ0) is 38.1. The summed E-state index contributed by atoms with van der Waals surface area (Å²) >= 11 is 0. The van der Waals surface area contributed by atoms with E-state index < -0.39 is 36.4 Å². The van der Waals surface area contributed by atoms with Crippen LogP contribution in [0.15, 0.2) is 67.0 Å². The quantitative estimate of drug-likeness (QED) is 0.0658. The Morgan fingerprint density at radius 3 is 2.09 bits per heavy atom. The molecule has 1 aliphatic rings. The summed E-state index contributed by atoms with van der Waals surface area (Å²) in [4.78, 5) is 52.2. The number of ether oxygens (including phenoxy) is 1. The van der Waals surface area contributed by atoms with Gasteiger partial charge in [-0.15, -0.1) is 0 Å². The third kappa shape index (κ3) is 9.45. The van der Waals surface area contributed by atoms with E-state index in [1.165, 1.54) is 10.9 Å². The number of aliphatic hydroxyl groups excluding tert-OH is 2. The molecule has 16 nitrogen and oxygen atoms in total. The fraction of sp³-hybridized carbons (Fsp3) is 0.459. The first kappa shape index (κ1) is 39.1. The number of benzene rings is 2. The van der Waals surface area contributed by atoms with Crippen molar-refractivity contribution in [3.05, 3.63) is 83.9 Å². The molecule has 53 heavy (non-hydrogen) atoms. The highest BCUT2D eigenvalue weighted by Gasteiger charge is 2.47. The summed E-state index contributed by atoms with van der Waals surface area (Å²) in [6.45, 7) is 10.9. The number of amides is 4. The van der Waals surface area contributed by atoms with E-state index in [1.54, 1.807) is 6.92 Å². The lowest BCUT2D eigenvalue weighted by atomic mass is 9.91. The molecule has 0 spiro atoms. The molecule has 0 unspecified atom stereocenters. The van der Waals surface area contributed by atoms with Gasteiger partial charge in [-0.3, -0.25) is 19.6 Å². The maximum absolute atomic E-state index is 13.5. The van der Waals surface area contributed by atoms with Crippen molar-refractivity contribution in [2.75, 3.05) is 31.5 Å². The smallest absolute Gasteiger partial charge is 0.329 e. The second-order valence-electron chi connectivity index (χ2n) is 13.4. The minimum atomic E-state index is -1.52. The van der Waals surface area contributed by atoms with Crippen LogP contribution >= 0.6 is 0 Å². The highest BCUT2D eigenvalue weighted by atomic mass is 16.6. The van der Waals surface area contributed by atoms with Crippen molar-refractivity contribution in [3.8, 4) is 0 Å². The molecule has 1 saturated heterocycles. The zero-order valence-electron chi connectivity index (χ0n) is 30.7. The molecule has 1 fully saturated rings. The molecule has 2 aromatic heterocycles. The number of urea groups is 1. The number of nitrogens with one attached hydrogen (secondary N) is 5. The Kier molecular flexibility index (Phi) is 13.3. The van der Waals surface area contributed by atoms with Crippen molar-refractivity contribution >= 4 is 34.8 Å². The van der Waals surface area contributed by atoms with Crippen LogP contribution in [0.25, 0.3) is 11.2 Å². The van der Waals surface area contributed by atoms with Crippen molar-refractivity contribution in [1.29, 1.82) is 0 Å². The number of anilines is 1. The standard InChI is InChI=1S/C37H50N10O6/c1-6-38-34(50)30-28(48)29(49)36(53-30)46-21-42-27-31(41-20-26(24-14-9-7-10-15-24)25-16-11-8-12-17-25)43-32(44-33(27)46)35(51)39-18-13-19-40-37(52)45-47(22(2)3)23(4)5/h7-12,14-17,21-23,26,28-30,36,48-49H,6,13,18-20H2,1-5H3,(H,38,50)(H,39,51)(H2,40,45,52)(H,41,43,44)/t28-,29+,30-,36+/m0/s1. The van der Waals surface area contributed by atoms with Gasteiger partial charge in [0.05, 0.1) is 6.33 Å². The zero-order valence-corrected chi connectivity index (χ0v) is 30.7. The summed E-state index contributed by atoms with van der Waals surface area (Å²) in [7, 11) is 0. The van der Waals surface area contributed by atoms with Gasteiger partial charge in [0, 0.05) is 44.2 Å². The number of carbonyl (C=O) groups is 3. The van der Waals surface area contributed by atoms with Crippen LogP contribution in [-0.2, 0) is 9.53 Å². The highest BCUT2D eigenvalue weighted by Crippen LogP contribution is 2.33. The second kappa shape index (κ2) is 18.1. The Hall–Kier alpha value is -5.16. The Bertz CT molecular complexity index is 1780. The average Bonchev–Trinajstić information content (AvgIpc) is 3.70. The predicted octanol–water partition coefficient (Wildman–Crippen LogP) is 2.28. The van der Waals surface area contributed by atoms with E-state index in [4.69, 9.17) is 4.74 Å². The third-order valence-electron chi connectivity index (χ3n) is 8.89. The van der Waals surface area contributed by atoms with Gasteiger partial charge in [0.1, 0.15) is 12.2 Å². The van der Waals surface area contributed by atoms with Crippen molar-refractivity contribution in [3.63, 3.8) is 0 Å². The SMILES string of the molecule is CCNC(=O)[C@H]1O[C@@H](n2cnc3c(NCC(c4ccccc4)c4ccccc4)nc(C(=O)NCCCNC(=O)NN(C(C)C)C(C)C)nc32)[C@H](O)[C@@H]1O. The molecule has 4 amide bonds. The summed E-state index contributed by atoms with van der Waals surface area (Å²) in [6.07, 6.45) is -3.77. The lowest BCUT2D eigenvalue weighted by Crippen LogP contribution is -2.53. The lowest BCUT2D eigenvalue weighted by Gasteiger charge is -2.30. The summed E-state index contributed by atoms with van der Waals surface area (Å²) in [5, 5.41) is 35.1. The number of likely N-dealkylation sites (N-methyl/N-ethyl adjacent to an activating group) is 1. The topological polar surface area (TPSA) is 208 Å². The molecule has 1 aliphatic heterocycles. The number of hydrogen-bond acceptors (Lipinski definition) is 11. The molecule has 7 N–H and O–H groups in total. The fourth-order valence-electron chi connectivity index (χ4n) is 6.29. The highest BCUT2D eigenvalue weighted by molar-refractivity contribution is 5.94. The molecule has 284 valence electrons. The number of nitrogens with zero attached hydrogens (tertiary/aromatic N) is 5. The number of carbonyl (C=O) groups excluding carboxylic acids is 3. The van der Waals surface area contributed by atoms with E-state index in [-0.39, 0.29) is 47.9 Å². The van der Waals surface area contributed by atoms with Crippen molar-refractivity contribution in [2.45, 2.75) is 83.6 Å². The molecule has 0 aliphatic carbocycles. The molecule has 3 heterocycles. The summed E-state index contributed by atoms with van der Waals surface area (Å²) in [6, 6.07) is 19.9. The average molecular weight is 731 g/mol. The van der Waals surface area contributed by atoms with Gasteiger partial charge in [-0.25, -0.2) is 24.8 Å². The minimum absolute atomic E-state index is 0.0902. The van der Waals surface area contributed by atoms with E-state index >= 15 is 0 Å².